The van der Waals surface area contributed by atoms with Gasteiger partial charge in [0.25, 0.3) is 0 Å². The number of hydrogen-bond acceptors (Lipinski definition) is 8. The third-order valence-electron chi connectivity index (χ3n) is 4.57. The maximum absolute atomic E-state index is 12.8. The lowest BCUT2D eigenvalue weighted by atomic mass is 9.93. The SMILES string of the molecule is NCCCC[C@@H](C(=O)O)N1C(=O)C[C@H](C(=O)[C@H](CCC(=O)O)NC(=O)CN)C1=O. The van der Waals surface area contributed by atoms with Gasteiger partial charge in [0.2, 0.25) is 17.7 Å². The molecule has 0 bridgehead atoms. The topological polar surface area (TPSA) is 210 Å². The van der Waals surface area contributed by atoms with Crippen LogP contribution in [0.15, 0.2) is 0 Å². The number of nitrogens with zero attached hydrogens (tertiary/aromatic N) is 1. The molecule has 29 heavy (non-hydrogen) atoms. The summed E-state index contributed by atoms with van der Waals surface area (Å²) in [5.41, 5.74) is 10.6. The van der Waals surface area contributed by atoms with Crippen molar-refractivity contribution in [1.82, 2.24) is 10.2 Å². The number of hydrogen-bond donors (Lipinski definition) is 5. The van der Waals surface area contributed by atoms with Crippen LogP contribution in [0.25, 0.3) is 0 Å². The monoisotopic (exact) mass is 414 g/mol. The molecular weight excluding hydrogens is 388 g/mol. The molecule has 0 aromatic heterocycles. The van der Waals surface area contributed by atoms with Gasteiger partial charge < -0.3 is 27.0 Å². The van der Waals surface area contributed by atoms with Crippen molar-refractivity contribution in [2.45, 2.75) is 50.6 Å². The number of ketones is 1. The van der Waals surface area contributed by atoms with Crippen LogP contribution in [0.5, 0.6) is 0 Å². The fraction of sp³-hybridized carbons (Fsp3) is 0.647. The number of nitrogens with two attached hydrogens (primary N) is 2. The smallest absolute Gasteiger partial charge is 0.326 e. The summed E-state index contributed by atoms with van der Waals surface area (Å²) in [4.78, 5) is 72.2. The van der Waals surface area contributed by atoms with Gasteiger partial charge in [-0.15, -0.1) is 0 Å². The first-order valence-electron chi connectivity index (χ1n) is 9.17. The highest BCUT2D eigenvalue weighted by Crippen LogP contribution is 2.26. The van der Waals surface area contributed by atoms with Crippen molar-refractivity contribution in [3.05, 3.63) is 0 Å². The Bertz CT molecular complexity index is 680. The number of Topliss-reactive ketones (excluding diaryl/α,β-unsaturated/α-hetero) is 1. The summed E-state index contributed by atoms with van der Waals surface area (Å²) in [5.74, 6) is -7.44. The first-order chi connectivity index (χ1) is 13.6. The molecule has 1 saturated heterocycles. The highest BCUT2D eigenvalue weighted by molar-refractivity contribution is 6.17. The number of likely N-dealkylation sites (tertiary alicyclic amines) is 1. The van der Waals surface area contributed by atoms with E-state index in [1.807, 2.05) is 0 Å². The van der Waals surface area contributed by atoms with Crippen LogP contribution in [-0.4, -0.2) is 75.7 Å². The van der Waals surface area contributed by atoms with Gasteiger partial charge in [-0.05, 0) is 32.2 Å². The second kappa shape index (κ2) is 11.2. The fourth-order valence-corrected chi connectivity index (χ4v) is 3.10. The Morgan fingerprint density at radius 1 is 1.10 bits per heavy atom. The van der Waals surface area contributed by atoms with Gasteiger partial charge in [0.15, 0.2) is 5.78 Å². The second-order valence-corrected chi connectivity index (χ2v) is 6.66. The molecule has 1 fully saturated rings. The van der Waals surface area contributed by atoms with Crippen molar-refractivity contribution in [3.63, 3.8) is 0 Å². The number of amides is 3. The van der Waals surface area contributed by atoms with Gasteiger partial charge in [-0.2, -0.15) is 0 Å². The van der Waals surface area contributed by atoms with E-state index in [2.05, 4.69) is 5.32 Å². The molecule has 1 aliphatic heterocycles. The van der Waals surface area contributed by atoms with E-state index >= 15 is 0 Å². The summed E-state index contributed by atoms with van der Waals surface area (Å²) in [5, 5.41) is 20.5. The van der Waals surface area contributed by atoms with Gasteiger partial charge in [-0.3, -0.25) is 28.9 Å². The van der Waals surface area contributed by atoms with Crippen LogP contribution in [0.3, 0.4) is 0 Å². The van der Waals surface area contributed by atoms with E-state index in [0.29, 0.717) is 24.3 Å². The van der Waals surface area contributed by atoms with Gasteiger partial charge in [0, 0.05) is 12.8 Å². The largest absolute Gasteiger partial charge is 0.481 e. The van der Waals surface area contributed by atoms with Crippen LogP contribution in [0.2, 0.25) is 0 Å². The van der Waals surface area contributed by atoms with E-state index < -0.39 is 72.8 Å². The lowest BCUT2D eigenvalue weighted by molar-refractivity contribution is -0.155. The van der Waals surface area contributed by atoms with Crippen molar-refractivity contribution < 1.29 is 39.0 Å². The summed E-state index contributed by atoms with van der Waals surface area (Å²) in [7, 11) is 0. The molecule has 7 N–H and O–H groups in total. The molecule has 1 aliphatic rings. The van der Waals surface area contributed by atoms with E-state index in [0.717, 1.165) is 0 Å². The quantitative estimate of drug-likeness (QED) is 0.125. The summed E-state index contributed by atoms with van der Waals surface area (Å²) in [6.45, 7) is -0.135. The average molecular weight is 414 g/mol. The number of unbranched alkanes of at least 4 members (excludes halogenated alkanes) is 1. The molecule has 12 nitrogen and oxygen atoms in total. The molecule has 0 aromatic carbocycles. The molecule has 3 amide bonds. The Balaban J connectivity index is 3.00. The minimum atomic E-state index is -1.49. The zero-order chi connectivity index (χ0) is 22.1. The molecule has 0 aliphatic carbocycles. The van der Waals surface area contributed by atoms with Gasteiger partial charge in [0.1, 0.15) is 12.0 Å². The first kappa shape index (κ1) is 24.2. The highest BCUT2D eigenvalue weighted by Gasteiger charge is 2.49. The molecule has 0 aromatic rings. The van der Waals surface area contributed by atoms with Crippen LogP contribution >= 0.6 is 0 Å². The summed E-state index contributed by atoms with van der Waals surface area (Å²) < 4.78 is 0. The minimum absolute atomic E-state index is 0.00270. The van der Waals surface area contributed by atoms with E-state index in [4.69, 9.17) is 16.6 Å². The fourth-order valence-electron chi connectivity index (χ4n) is 3.10. The molecule has 162 valence electrons. The van der Waals surface area contributed by atoms with Crippen LogP contribution in [-0.2, 0) is 28.8 Å². The van der Waals surface area contributed by atoms with Crippen molar-refractivity contribution >= 4 is 35.4 Å². The Morgan fingerprint density at radius 3 is 2.28 bits per heavy atom. The van der Waals surface area contributed by atoms with E-state index in [1.54, 1.807) is 0 Å². The van der Waals surface area contributed by atoms with Crippen molar-refractivity contribution in [1.29, 1.82) is 0 Å². The normalized spacial score (nSPS) is 18.4. The molecule has 12 heteroatoms. The van der Waals surface area contributed by atoms with Gasteiger partial charge in [-0.1, -0.05) is 0 Å². The van der Waals surface area contributed by atoms with Gasteiger partial charge >= 0.3 is 11.9 Å². The number of carboxylic acid groups (broad SMARTS) is 2. The molecule has 1 heterocycles. The number of carbonyl (C=O) groups excluding carboxylic acids is 4. The lowest BCUT2D eigenvalue weighted by Gasteiger charge is -2.24. The van der Waals surface area contributed by atoms with Crippen molar-refractivity contribution in [2.24, 2.45) is 17.4 Å². The number of carbonyl (C=O) groups is 6. The zero-order valence-corrected chi connectivity index (χ0v) is 15.8. The Hall–Kier alpha value is -2.86. The number of rotatable bonds is 13. The van der Waals surface area contributed by atoms with Gasteiger partial charge in [0.05, 0.1) is 12.6 Å². The first-order valence-corrected chi connectivity index (χ1v) is 9.17. The number of aliphatic carboxylic acids is 2. The molecular formula is C17H26N4O8. The third kappa shape index (κ3) is 6.61. The van der Waals surface area contributed by atoms with Gasteiger partial charge in [-0.25, -0.2) is 4.79 Å². The molecule has 3 atom stereocenters. The minimum Gasteiger partial charge on any atom is -0.481 e. The molecule has 0 radical (unpaired) electrons. The lowest BCUT2D eigenvalue weighted by Crippen LogP contribution is -2.49. The zero-order valence-electron chi connectivity index (χ0n) is 15.8. The summed E-state index contributed by atoms with van der Waals surface area (Å²) in [6, 6.07) is -2.75. The summed E-state index contributed by atoms with van der Waals surface area (Å²) in [6.07, 6.45) is -0.424. The molecule has 0 saturated carbocycles. The number of carboxylic acids is 2. The molecule has 0 unspecified atom stereocenters. The summed E-state index contributed by atoms with van der Waals surface area (Å²) >= 11 is 0. The standard InChI is InChI=1S/C17H26N4O8/c18-6-2-1-3-11(17(28)29)21-13(23)7-9(16(21)27)15(26)10(4-5-14(24)25)20-12(22)8-19/h9-11H,1-8,18-19H2,(H,20,22)(H,24,25)(H,28,29)/t9-,10+,11+/m1/s1. The van der Waals surface area contributed by atoms with E-state index in [-0.39, 0.29) is 12.8 Å². The predicted octanol–water partition coefficient (Wildman–Crippen LogP) is -2.18. The van der Waals surface area contributed by atoms with Crippen LogP contribution in [0.4, 0.5) is 0 Å². The van der Waals surface area contributed by atoms with Crippen LogP contribution in [0, 0.1) is 5.92 Å². The molecule has 0 spiro atoms. The Morgan fingerprint density at radius 2 is 1.76 bits per heavy atom. The Labute approximate surface area is 166 Å². The second-order valence-electron chi connectivity index (χ2n) is 6.66. The third-order valence-corrected chi connectivity index (χ3v) is 4.57. The van der Waals surface area contributed by atoms with Crippen LogP contribution in [0.1, 0.15) is 38.5 Å². The maximum Gasteiger partial charge on any atom is 0.326 e. The van der Waals surface area contributed by atoms with E-state index in [1.165, 1.54) is 0 Å². The van der Waals surface area contributed by atoms with Crippen molar-refractivity contribution in [3.8, 4) is 0 Å². The molecule has 1 rings (SSSR count). The average Bonchev–Trinajstić information content (AvgIpc) is 2.95. The van der Waals surface area contributed by atoms with Crippen molar-refractivity contribution in [2.75, 3.05) is 13.1 Å². The predicted molar refractivity (Wildman–Crippen MR) is 97.2 cm³/mol. The van der Waals surface area contributed by atoms with E-state index in [9.17, 15) is 33.9 Å². The number of nitrogens with one attached hydrogen (secondary N) is 1. The maximum atomic E-state index is 12.8. The Kier molecular flexibility index (Phi) is 9.35. The number of imide groups is 1. The van der Waals surface area contributed by atoms with Crippen LogP contribution < -0.4 is 16.8 Å². The highest BCUT2D eigenvalue weighted by atomic mass is 16.4.